The fraction of sp³-hybridized carbons (Fsp3) is 0.500. The van der Waals surface area contributed by atoms with Crippen molar-refractivity contribution >= 4 is 21.8 Å². The molecule has 1 N–H and O–H groups in total. The largest absolute Gasteiger partial charge is 0.380 e. The summed E-state index contributed by atoms with van der Waals surface area (Å²) < 4.78 is 6.00. The molecule has 4 nitrogen and oxygen atoms in total. The quantitative estimate of drug-likeness (QED) is 0.621. The average molecular weight is 301 g/mol. The number of hydrogen-bond acceptors (Lipinski definition) is 3. The summed E-state index contributed by atoms with van der Waals surface area (Å²) in [7, 11) is 0. The lowest BCUT2D eigenvalue weighted by Crippen LogP contribution is -2.28. The second-order valence-electron chi connectivity index (χ2n) is 3.57. The van der Waals surface area contributed by atoms with Crippen LogP contribution in [0.1, 0.15) is 30.3 Å². The minimum absolute atomic E-state index is 0.176. The number of nitrogens with zero attached hydrogens (tertiary/aromatic N) is 1. The van der Waals surface area contributed by atoms with Crippen molar-refractivity contribution in [1.82, 2.24) is 10.3 Å². The summed E-state index contributed by atoms with van der Waals surface area (Å²) in [5, 5.41) is 2.76. The molecule has 0 saturated heterocycles. The van der Waals surface area contributed by atoms with Gasteiger partial charge in [0.05, 0.1) is 6.61 Å². The maximum Gasteiger partial charge on any atom is 0.270 e. The molecule has 0 aliphatic rings. The minimum atomic E-state index is -0.176. The number of pyridine rings is 1. The lowest BCUT2D eigenvalue weighted by atomic mass is 10.3. The molecule has 1 aromatic heterocycles. The molecular weight excluding hydrogens is 284 g/mol. The van der Waals surface area contributed by atoms with E-state index in [0.29, 0.717) is 23.4 Å². The van der Waals surface area contributed by atoms with Crippen LogP contribution in [0.5, 0.6) is 0 Å². The number of carbonyl (C=O) groups is 1. The highest BCUT2D eigenvalue weighted by Crippen LogP contribution is 2.05. The van der Waals surface area contributed by atoms with Crippen molar-refractivity contribution in [2.45, 2.75) is 19.8 Å². The molecule has 1 rings (SSSR count). The smallest absolute Gasteiger partial charge is 0.270 e. The van der Waals surface area contributed by atoms with Crippen molar-refractivity contribution in [3.63, 3.8) is 0 Å². The summed E-state index contributed by atoms with van der Waals surface area (Å²) in [4.78, 5) is 15.7. The number of unbranched alkanes of at least 4 members (excludes halogenated alkanes) is 1. The first-order valence-electron chi connectivity index (χ1n) is 5.72. The molecule has 0 fully saturated rings. The molecule has 0 aromatic carbocycles. The highest BCUT2D eigenvalue weighted by atomic mass is 79.9. The molecule has 17 heavy (non-hydrogen) atoms. The molecule has 0 unspecified atom stereocenters. The maximum absolute atomic E-state index is 11.6. The third-order valence-corrected chi connectivity index (χ3v) is 2.56. The van der Waals surface area contributed by atoms with Crippen molar-refractivity contribution in [1.29, 1.82) is 0 Å². The average Bonchev–Trinajstić information content (AvgIpc) is 2.33. The summed E-state index contributed by atoms with van der Waals surface area (Å²) in [5.41, 5.74) is 0.410. The zero-order chi connectivity index (χ0) is 12.5. The number of hydrogen-bond donors (Lipinski definition) is 1. The van der Waals surface area contributed by atoms with E-state index < -0.39 is 0 Å². The van der Waals surface area contributed by atoms with E-state index >= 15 is 0 Å². The Balaban J connectivity index is 2.21. The fourth-order valence-electron chi connectivity index (χ4n) is 1.21. The van der Waals surface area contributed by atoms with Gasteiger partial charge in [-0.3, -0.25) is 4.79 Å². The molecule has 0 atom stereocenters. The first-order valence-corrected chi connectivity index (χ1v) is 6.52. The fourth-order valence-corrected chi connectivity index (χ4v) is 1.55. The molecule has 1 heterocycles. The highest BCUT2D eigenvalue weighted by Gasteiger charge is 2.05. The van der Waals surface area contributed by atoms with Crippen molar-refractivity contribution < 1.29 is 9.53 Å². The third-order valence-electron chi connectivity index (χ3n) is 2.12. The normalized spacial score (nSPS) is 10.2. The predicted molar refractivity (Wildman–Crippen MR) is 70.0 cm³/mol. The molecule has 0 aliphatic heterocycles. The Labute approximate surface area is 110 Å². The van der Waals surface area contributed by atoms with E-state index in [9.17, 15) is 4.79 Å². The van der Waals surface area contributed by atoms with Crippen LogP contribution in [0.25, 0.3) is 0 Å². The summed E-state index contributed by atoms with van der Waals surface area (Å²) in [6.45, 7) is 3.92. The number of halogens is 1. The van der Waals surface area contributed by atoms with E-state index in [4.69, 9.17) is 4.74 Å². The van der Waals surface area contributed by atoms with Gasteiger partial charge in [0, 0.05) is 13.2 Å². The Morgan fingerprint density at radius 1 is 1.47 bits per heavy atom. The third kappa shape index (κ3) is 5.79. The van der Waals surface area contributed by atoms with Gasteiger partial charge < -0.3 is 10.1 Å². The van der Waals surface area contributed by atoms with Crippen molar-refractivity contribution in [3.8, 4) is 0 Å². The van der Waals surface area contributed by atoms with E-state index in [0.717, 1.165) is 19.4 Å². The molecule has 0 radical (unpaired) electrons. The number of rotatable bonds is 7. The first kappa shape index (κ1) is 14.1. The van der Waals surface area contributed by atoms with Crippen molar-refractivity contribution in [2.24, 2.45) is 0 Å². The summed E-state index contributed by atoms with van der Waals surface area (Å²) in [6.07, 6.45) is 2.18. The van der Waals surface area contributed by atoms with Crippen LogP contribution in [-0.4, -0.2) is 30.6 Å². The van der Waals surface area contributed by atoms with E-state index in [1.165, 1.54) is 0 Å². The second kappa shape index (κ2) is 8.20. The van der Waals surface area contributed by atoms with Crippen molar-refractivity contribution in [3.05, 3.63) is 28.5 Å². The van der Waals surface area contributed by atoms with E-state index in [1.54, 1.807) is 18.2 Å². The Hall–Kier alpha value is -0.940. The van der Waals surface area contributed by atoms with Gasteiger partial charge in [0.1, 0.15) is 10.3 Å². The van der Waals surface area contributed by atoms with Gasteiger partial charge in [0.2, 0.25) is 0 Å². The topological polar surface area (TPSA) is 51.2 Å². The van der Waals surface area contributed by atoms with Crippen molar-refractivity contribution in [2.75, 3.05) is 19.8 Å². The molecule has 94 valence electrons. The molecule has 0 spiro atoms. The van der Waals surface area contributed by atoms with Crippen LogP contribution in [-0.2, 0) is 4.74 Å². The summed E-state index contributed by atoms with van der Waals surface area (Å²) >= 11 is 3.22. The van der Waals surface area contributed by atoms with Crippen LogP contribution in [0.15, 0.2) is 22.8 Å². The van der Waals surface area contributed by atoms with Crippen LogP contribution in [0.4, 0.5) is 0 Å². The number of amides is 1. The van der Waals surface area contributed by atoms with E-state index in [1.807, 2.05) is 0 Å². The molecule has 1 amide bonds. The van der Waals surface area contributed by atoms with Gasteiger partial charge in [-0.1, -0.05) is 19.4 Å². The van der Waals surface area contributed by atoms with E-state index in [-0.39, 0.29) is 5.91 Å². The van der Waals surface area contributed by atoms with Gasteiger partial charge in [-0.15, -0.1) is 0 Å². The van der Waals surface area contributed by atoms with E-state index in [2.05, 4.69) is 33.2 Å². The summed E-state index contributed by atoms with van der Waals surface area (Å²) in [5.74, 6) is -0.176. The Kier molecular flexibility index (Phi) is 6.81. The van der Waals surface area contributed by atoms with Crippen LogP contribution < -0.4 is 5.32 Å². The van der Waals surface area contributed by atoms with Crippen LogP contribution >= 0.6 is 15.9 Å². The lowest BCUT2D eigenvalue weighted by Gasteiger charge is -2.05. The zero-order valence-electron chi connectivity index (χ0n) is 9.91. The first-order chi connectivity index (χ1) is 8.24. The lowest BCUT2D eigenvalue weighted by molar-refractivity contribution is 0.0908. The van der Waals surface area contributed by atoms with Gasteiger partial charge in [0.15, 0.2) is 0 Å². The molecule has 0 bridgehead atoms. The van der Waals surface area contributed by atoms with Gasteiger partial charge in [-0.05, 0) is 34.5 Å². The Bertz CT molecular complexity index is 358. The number of aromatic nitrogens is 1. The predicted octanol–water partition coefficient (Wildman–Crippen LogP) is 2.39. The summed E-state index contributed by atoms with van der Waals surface area (Å²) in [6, 6.07) is 5.24. The second-order valence-corrected chi connectivity index (χ2v) is 4.38. The highest BCUT2D eigenvalue weighted by molar-refractivity contribution is 9.10. The minimum Gasteiger partial charge on any atom is -0.380 e. The molecule has 0 saturated carbocycles. The maximum atomic E-state index is 11.6. The van der Waals surface area contributed by atoms with Crippen LogP contribution in [0.2, 0.25) is 0 Å². The number of ether oxygens (including phenoxy) is 1. The standard InChI is InChI=1S/C12H17BrN2O2/c1-2-3-8-17-9-7-14-12(16)10-5-4-6-11(13)15-10/h4-6H,2-3,7-9H2,1H3,(H,14,16). The van der Waals surface area contributed by atoms with Gasteiger partial charge in [-0.25, -0.2) is 4.98 Å². The van der Waals surface area contributed by atoms with Gasteiger partial charge in [-0.2, -0.15) is 0 Å². The molecule has 1 aromatic rings. The SMILES string of the molecule is CCCCOCCNC(=O)c1cccc(Br)n1. The Morgan fingerprint density at radius 2 is 2.29 bits per heavy atom. The number of carbonyl (C=O) groups excluding carboxylic acids is 1. The van der Waals surface area contributed by atoms with Crippen LogP contribution in [0, 0.1) is 0 Å². The monoisotopic (exact) mass is 300 g/mol. The number of nitrogens with one attached hydrogen (secondary N) is 1. The zero-order valence-corrected chi connectivity index (χ0v) is 11.5. The molecule has 0 aliphatic carbocycles. The van der Waals surface area contributed by atoms with Gasteiger partial charge >= 0.3 is 0 Å². The van der Waals surface area contributed by atoms with Gasteiger partial charge in [0.25, 0.3) is 5.91 Å². The molecular formula is C12H17BrN2O2. The Morgan fingerprint density at radius 3 is 3.00 bits per heavy atom. The van der Waals surface area contributed by atoms with Crippen LogP contribution in [0.3, 0.4) is 0 Å². The molecule has 5 heteroatoms.